The molecule has 0 atom stereocenters. The largest absolute Gasteiger partial charge is 0.242 e. The minimum atomic E-state index is 0.587. The van der Waals surface area contributed by atoms with Crippen molar-refractivity contribution in [3.05, 3.63) is 29.8 Å². The summed E-state index contributed by atoms with van der Waals surface area (Å²) in [7, 11) is 0. The summed E-state index contributed by atoms with van der Waals surface area (Å²) >= 11 is 0. The minimum Gasteiger partial charge on any atom is -0.242 e. The number of hydrogen-bond acceptors (Lipinski definition) is 2. The Labute approximate surface area is 88.4 Å². The first-order chi connectivity index (χ1) is 7.31. The Bertz CT molecular complexity index is 535. The molecule has 0 amide bonds. The number of benzene rings is 1. The van der Waals surface area contributed by atoms with E-state index in [0.29, 0.717) is 6.04 Å². The van der Waals surface area contributed by atoms with E-state index in [-0.39, 0.29) is 0 Å². The van der Waals surface area contributed by atoms with Gasteiger partial charge < -0.3 is 0 Å². The molecule has 1 aromatic carbocycles. The summed E-state index contributed by atoms with van der Waals surface area (Å²) in [6, 6.07) is 4.77. The third kappa shape index (κ3) is 1.19. The van der Waals surface area contributed by atoms with E-state index in [9.17, 15) is 0 Å². The number of aryl methyl sites for hydroxylation is 1. The van der Waals surface area contributed by atoms with E-state index in [1.54, 1.807) is 0 Å². The van der Waals surface area contributed by atoms with Gasteiger partial charge in [-0.1, -0.05) is 23.9 Å². The van der Waals surface area contributed by atoms with Gasteiger partial charge in [0.25, 0.3) is 0 Å². The summed E-state index contributed by atoms with van der Waals surface area (Å²) < 4.78 is 2.05. The molecule has 1 aliphatic carbocycles. The standard InChI is InChI=1S/C12H13N3/c1-3-9-4-7-11-12(8(9)2)13-14-15(11)10-5-6-10/h3-4,7,10H,1,5-6H2,2H3. The number of nitrogens with zero attached hydrogens (tertiary/aromatic N) is 3. The summed E-state index contributed by atoms with van der Waals surface area (Å²) in [5, 5.41) is 8.48. The van der Waals surface area contributed by atoms with Crippen LogP contribution in [0.2, 0.25) is 0 Å². The Morgan fingerprint density at radius 1 is 1.47 bits per heavy atom. The Hall–Kier alpha value is -1.64. The van der Waals surface area contributed by atoms with Crippen LogP contribution in [0.1, 0.15) is 30.0 Å². The van der Waals surface area contributed by atoms with Crippen molar-refractivity contribution >= 4 is 17.1 Å². The molecule has 3 heteroatoms. The van der Waals surface area contributed by atoms with Gasteiger partial charge >= 0.3 is 0 Å². The summed E-state index contributed by atoms with van der Waals surface area (Å²) in [5.74, 6) is 0. The molecule has 0 radical (unpaired) electrons. The summed E-state index contributed by atoms with van der Waals surface area (Å²) in [6.45, 7) is 5.87. The highest BCUT2D eigenvalue weighted by Crippen LogP contribution is 2.36. The Kier molecular flexibility index (Phi) is 1.69. The maximum Gasteiger partial charge on any atom is 0.116 e. The fourth-order valence-corrected chi connectivity index (χ4v) is 1.96. The predicted octanol–water partition coefficient (Wildman–Crippen LogP) is 2.72. The molecule has 3 nitrogen and oxygen atoms in total. The van der Waals surface area contributed by atoms with E-state index in [2.05, 4.69) is 40.6 Å². The van der Waals surface area contributed by atoms with E-state index in [4.69, 9.17) is 0 Å². The number of fused-ring (bicyclic) bond motifs is 1. The predicted molar refractivity (Wildman–Crippen MR) is 60.6 cm³/mol. The third-order valence-corrected chi connectivity index (χ3v) is 3.05. The van der Waals surface area contributed by atoms with Gasteiger partial charge in [0.2, 0.25) is 0 Å². The van der Waals surface area contributed by atoms with Gasteiger partial charge in [-0.3, -0.25) is 0 Å². The smallest absolute Gasteiger partial charge is 0.116 e. The Balaban J connectivity index is 2.28. The average molecular weight is 199 g/mol. The van der Waals surface area contributed by atoms with Gasteiger partial charge in [0.15, 0.2) is 0 Å². The van der Waals surface area contributed by atoms with E-state index in [0.717, 1.165) is 16.6 Å². The Morgan fingerprint density at radius 3 is 2.93 bits per heavy atom. The molecule has 0 aliphatic heterocycles. The average Bonchev–Trinajstić information content (AvgIpc) is 2.99. The lowest BCUT2D eigenvalue weighted by Crippen LogP contribution is -1.95. The van der Waals surface area contributed by atoms with Crippen LogP contribution in [0.5, 0.6) is 0 Å². The fourth-order valence-electron chi connectivity index (χ4n) is 1.96. The number of rotatable bonds is 2. The lowest BCUT2D eigenvalue weighted by molar-refractivity contribution is 0.630. The normalized spacial score (nSPS) is 15.8. The molecule has 2 aromatic rings. The molecule has 0 saturated heterocycles. The van der Waals surface area contributed by atoms with Crippen LogP contribution in [0.15, 0.2) is 18.7 Å². The highest BCUT2D eigenvalue weighted by Gasteiger charge is 2.26. The SMILES string of the molecule is C=Cc1ccc2c(nnn2C2CC2)c1C. The van der Waals surface area contributed by atoms with E-state index in [1.807, 2.05) is 6.08 Å². The van der Waals surface area contributed by atoms with Gasteiger partial charge in [-0.15, -0.1) is 5.10 Å². The molecule has 0 bridgehead atoms. The summed E-state index contributed by atoms with van der Waals surface area (Å²) in [4.78, 5) is 0. The second kappa shape index (κ2) is 2.92. The van der Waals surface area contributed by atoms with Crippen LogP contribution in [-0.4, -0.2) is 15.0 Å². The third-order valence-electron chi connectivity index (χ3n) is 3.05. The second-order valence-corrected chi connectivity index (χ2v) is 4.12. The van der Waals surface area contributed by atoms with Crippen molar-refractivity contribution in [2.75, 3.05) is 0 Å². The molecule has 0 unspecified atom stereocenters. The van der Waals surface area contributed by atoms with Crippen molar-refractivity contribution in [1.82, 2.24) is 15.0 Å². The van der Waals surface area contributed by atoms with Crippen LogP contribution in [0.3, 0.4) is 0 Å². The number of hydrogen-bond donors (Lipinski definition) is 0. The lowest BCUT2D eigenvalue weighted by atomic mass is 10.1. The van der Waals surface area contributed by atoms with Crippen molar-refractivity contribution in [2.24, 2.45) is 0 Å². The van der Waals surface area contributed by atoms with Crippen LogP contribution in [0.25, 0.3) is 17.1 Å². The molecule has 76 valence electrons. The first kappa shape index (κ1) is 8.65. The lowest BCUT2D eigenvalue weighted by Gasteiger charge is -2.02. The minimum absolute atomic E-state index is 0.587. The Morgan fingerprint density at radius 2 is 2.27 bits per heavy atom. The van der Waals surface area contributed by atoms with Crippen molar-refractivity contribution < 1.29 is 0 Å². The zero-order chi connectivity index (χ0) is 10.4. The molecule has 1 saturated carbocycles. The monoisotopic (exact) mass is 199 g/mol. The molecule has 1 aliphatic rings. The first-order valence-corrected chi connectivity index (χ1v) is 5.28. The maximum atomic E-state index is 4.25. The molecule has 1 aromatic heterocycles. The van der Waals surface area contributed by atoms with Gasteiger partial charge in [-0.25, -0.2) is 4.68 Å². The van der Waals surface area contributed by atoms with Gasteiger partial charge in [-0.2, -0.15) is 0 Å². The van der Waals surface area contributed by atoms with Gasteiger partial charge in [-0.05, 0) is 37.0 Å². The fraction of sp³-hybridized carbons (Fsp3) is 0.333. The van der Waals surface area contributed by atoms with Crippen LogP contribution in [0, 0.1) is 6.92 Å². The summed E-state index contributed by atoms with van der Waals surface area (Å²) in [5.41, 5.74) is 4.49. The van der Waals surface area contributed by atoms with Crippen LogP contribution in [-0.2, 0) is 0 Å². The van der Waals surface area contributed by atoms with Crippen LogP contribution >= 0.6 is 0 Å². The molecule has 15 heavy (non-hydrogen) atoms. The molecule has 3 rings (SSSR count). The summed E-state index contributed by atoms with van der Waals surface area (Å²) in [6.07, 6.45) is 4.34. The van der Waals surface area contributed by atoms with Crippen molar-refractivity contribution in [3.8, 4) is 0 Å². The zero-order valence-corrected chi connectivity index (χ0v) is 8.77. The molecular weight excluding hydrogens is 186 g/mol. The zero-order valence-electron chi connectivity index (χ0n) is 8.77. The van der Waals surface area contributed by atoms with Crippen LogP contribution < -0.4 is 0 Å². The molecule has 1 heterocycles. The quantitative estimate of drug-likeness (QED) is 0.744. The van der Waals surface area contributed by atoms with Crippen molar-refractivity contribution in [3.63, 3.8) is 0 Å². The second-order valence-electron chi connectivity index (χ2n) is 4.12. The van der Waals surface area contributed by atoms with Crippen molar-refractivity contribution in [2.45, 2.75) is 25.8 Å². The molecular formula is C12H13N3. The topological polar surface area (TPSA) is 30.7 Å². The maximum absolute atomic E-state index is 4.25. The highest BCUT2D eigenvalue weighted by atomic mass is 15.4. The van der Waals surface area contributed by atoms with Gasteiger partial charge in [0, 0.05) is 0 Å². The first-order valence-electron chi connectivity index (χ1n) is 5.28. The van der Waals surface area contributed by atoms with Gasteiger partial charge in [0.05, 0.1) is 11.6 Å². The van der Waals surface area contributed by atoms with E-state index in [1.165, 1.54) is 18.4 Å². The molecule has 1 fully saturated rings. The van der Waals surface area contributed by atoms with Crippen molar-refractivity contribution in [1.29, 1.82) is 0 Å². The molecule has 0 N–H and O–H groups in total. The van der Waals surface area contributed by atoms with E-state index < -0.39 is 0 Å². The molecule has 0 spiro atoms. The van der Waals surface area contributed by atoms with E-state index >= 15 is 0 Å². The number of aromatic nitrogens is 3. The highest BCUT2D eigenvalue weighted by molar-refractivity contribution is 5.82. The van der Waals surface area contributed by atoms with Crippen LogP contribution in [0.4, 0.5) is 0 Å². The van der Waals surface area contributed by atoms with Gasteiger partial charge in [0.1, 0.15) is 5.52 Å².